The molecule has 1 fully saturated rings. The largest absolute Gasteiger partial charge is 0.416 e. The summed E-state index contributed by atoms with van der Waals surface area (Å²) in [5.41, 5.74) is 0.909. The van der Waals surface area contributed by atoms with Gasteiger partial charge in [0, 0.05) is 61.9 Å². The van der Waals surface area contributed by atoms with E-state index in [1.807, 2.05) is 11.9 Å². The number of nitrogens with zero attached hydrogens (tertiary/aromatic N) is 5. The molecule has 5 rings (SSSR count). The highest BCUT2D eigenvalue weighted by molar-refractivity contribution is 6.05. The predicted molar refractivity (Wildman–Crippen MR) is 135 cm³/mol. The molecule has 0 radical (unpaired) electrons. The van der Waals surface area contributed by atoms with Crippen molar-refractivity contribution in [3.8, 4) is 22.8 Å². The smallest absolute Gasteiger partial charge is 0.334 e. The highest BCUT2D eigenvalue weighted by Crippen LogP contribution is 2.35. The zero-order valence-corrected chi connectivity index (χ0v) is 20.6. The second kappa shape index (κ2) is 10.7. The van der Waals surface area contributed by atoms with Gasteiger partial charge in [0.15, 0.2) is 0 Å². The number of hydrogen-bond donors (Lipinski definition) is 1. The SMILES string of the molecule is CN1CCN(Cc2ccc(NC(=O)c3cccc(-c4noc(-c5cccnc5)n4)c3)cc2C(F)(F)F)CC1. The van der Waals surface area contributed by atoms with Gasteiger partial charge in [-0.1, -0.05) is 23.4 Å². The number of amides is 1. The third kappa shape index (κ3) is 5.90. The Labute approximate surface area is 217 Å². The maximum Gasteiger partial charge on any atom is 0.416 e. The van der Waals surface area contributed by atoms with E-state index in [2.05, 4.69) is 25.3 Å². The monoisotopic (exact) mass is 522 g/mol. The van der Waals surface area contributed by atoms with E-state index in [-0.39, 0.29) is 35.1 Å². The van der Waals surface area contributed by atoms with Crippen molar-refractivity contribution >= 4 is 11.6 Å². The van der Waals surface area contributed by atoms with Crippen molar-refractivity contribution in [3.63, 3.8) is 0 Å². The van der Waals surface area contributed by atoms with Crippen LogP contribution in [0.1, 0.15) is 21.5 Å². The molecule has 1 saturated heterocycles. The molecule has 1 amide bonds. The lowest BCUT2D eigenvalue weighted by atomic mass is 10.0. The van der Waals surface area contributed by atoms with Crippen molar-refractivity contribution in [2.45, 2.75) is 12.7 Å². The Morgan fingerprint density at radius 3 is 2.55 bits per heavy atom. The molecule has 0 bridgehead atoms. The van der Waals surface area contributed by atoms with Gasteiger partial charge < -0.3 is 14.7 Å². The Kier molecular flexibility index (Phi) is 7.21. The van der Waals surface area contributed by atoms with E-state index < -0.39 is 17.6 Å². The molecule has 2 aromatic carbocycles. The summed E-state index contributed by atoms with van der Waals surface area (Å²) in [6, 6.07) is 13.9. The van der Waals surface area contributed by atoms with Crippen molar-refractivity contribution in [2.75, 3.05) is 38.5 Å². The first-order chi connectivity index (χ1) is 18.3. The highest BCUT2D eigenvalue weighted by atomic mass is 19.4. The average molecular weight is 523 g/mol. The second-order valence-corrected chi connectivity index (χ2v) is 9.15. The number of carbonyl (C=O) groups excluding carboxylic acids is 1. The first kappa shape index (κ1) is 25.6. The number of nitrogens with one attached hydrogen (secondary N) is 1. The fraction of sp³-hybridized carbons (Fsp3) is 0.259. The third-order valence-corrected chi connectivity index (χ3v) is 6.38. The van der Waals surface area contributed by atoms with Gasteiger partial charge in [0.25, 0.3) is 11.8 Å². The molecular weight excluding hydrogens is 497 g/mol. The lowest BCUT2D eigenvalue weighted by molar-refractivity contribution is -0.138. The molecule has 0 atom stereocenters. The molecule has 38 heavy (non-hydrogen) atoms. The Balaban J connectivity index is 1.33. The van der Waals surface area contributed by atoms with E-state index in [1.165, 1.54) is 12.1 Å². The lowest BCUT2D eigenvalue weighted by Crippen LogP contribution is -2.44. The van der Waals surface area contributed by atoms with E-state index in [4.69, 9.17) is 4.52 Å². The van der Waals surface area contributed by atoms with Crippen LogP contribution in [0.25, 0.3) is 22.8 Å². The van der Waals surface area contributed by atoms with E-state index in [0.717, 1.165) is 19.2 Å². The van der Waals surface area contributed by atoms with Crippen molar-refractivity contribution in [2.24, 2.45) is 0 Å². The number of halogens is 3. The number of anilines is 1. The minimum Gasteiger partial charge on any atom is -0.334 e. The summed E-state index contributed by atoms with van der Waals surface area (Å²) in [7, 11) is 1.99. The fourth-order valence-electron chi connectivity index (χ4n) is 4.25. The molecule has 1 N–H and O–H groups in total. The summed E-state index contributed by atoms with van der Waals surface area (Å²) in [6.07, 6.45) is -1.33. The molecule has 0 saturated carbocycles. The molecule has 2 aromatic heterocycles. The van der Waals surface area contributed by atoms with Crippen LogP contribution in [0.2, 0.25) is 0 Å². The van der Waals surface area contributed by atoms with Crippen LogP contribution in [0.4, 0.5) is 18.9 Å². The van der Waals surface area contributed by atoms with Gasteiger partial charge in [0.2, 0.25) is 5.82 Å². The molecule has 3 heterocycles. The quantitative estimate of drug-likeness (QED) is 0.389. The average Bonchev–Trinajstić information content (AvgIpc) is 3.41. The molecule has 0 unspecified atom stereocenters. The Morgan fingerprint density at radius 2 is 1.82 bits per heavy atom. The van der Waals surface area contributed by atoms with Crippen LogP contribution in [0.3, 0.4) is 0 Å². The minimum atomic E-state index is -4.55. The number of pyridine rings is 1. The van der Waals surface area contributed by atoms with Gasteiger partial charge in [0.1, 0.15) is 0 Å². The van der Waals surface area contributed by atoms with Gasteiger partial charge in [0.05, 0.1) is 11.1 Å². The topological polar surface area (TPSA) is 87.4 Å². The summed E-state index contributed by atoms with van der Waals surface area (Å²) >= 11 is 0. The first-order valence-corrected chi connectivity index (χ1v) is 12.0. The van der Waals surface area contributed by atoms with Gasteiger partial charge in [-0.05, 0) is 49.0 Å². The summed E-state index contributed by atoms with van der Waals surface area (Å²) in [5.74, 6) is -0.00631. The number of aromatic nitrogens is 3. The van der Waals surface area contributed by atoms with Gasteiger partial charge >= 0.3 is 6.18 Å². The van der Waals surface area contributed by atoms with E-state index in [9.17, 15) is 18.0 Å². The summed E-state index contributed by atoms with van der Waals surface area (Å²) in [5, 5.41) is 6.56. The summed E-state index contributed by atoms with van der Waals surface area (Å²) in [6.45, 7) is 3.22. The van der Waals surface area contributed by atoms with Gasteiger partial charge in [-0.3, -0.25) is 14.7 Å². The third-order valence-electron chi connectivity index (χ3n) is 6.38. The van der Waals surface area contributed by atoms with Gasteiger partial charge in [-0.25, -0.2) is 0 Å². The van der Waals surface area contributed by atoms with E-state index in [0.29, 0.717) is 24.2 Å². The number of carbonyl (C=O) groups is 1. The Bertz CT molecular complexity index is 1420. The van der Waals surface area contributed by atoms with Crippen LogP contribution in [0, 0.1) is 0 Å². The molecule has 8 nitrogen and oxygen atoms in total. The van der Waals surface area contributed by atoms with Crippen LogP contribution in [0.15, 0.2) is 71.5 Å². The standard InChI is InChI=1S/C27H25F3N6O2/c1-35-10-12-36(13-11-35)17-21-7-8-22(15-23(21)27(28,29)30)32-25(37)19-5-2-4-18(14-19)24-33-26(38-34-24)20-6-3-9-31-16-20/h2-9,14-16H,10-13,17H2,1H3,(H,32,37). The summed E-state index contributed by atoms with van der Waals surface area (Å²) in [4.78, 5) is 25.5. The van der Waals surface area contributed by atoms with Crippen molar-refractivity contribution in [1.82, 2.24) is 24.9 Å². The number of hydrogen-bond acceptors (Lipinski definition) is 7. The van der Waals surface area contributed by atoms with Gasteiger partial charge in [-0.2, -0.15) is 18.2 Å². The zero-order chi connectivity index (χ0) is 26.7. The number of rotatable bonds is 6. The minimum absolute atomic E-state index is 0.0632. The highest BCUT2D eigenvalue weighted by Gasteiger charge is 2.34. The van der Waals surface area contributed by atoms with Crippen LogP contribution in [0.5, 0.6) is 0 Å². The number of piperazine rings is 1. The second-order valence-electron chi connectivity index (χ2n) is 9.15. The number of benzene rings is 2. The van der Waals surface area contributed by atoms with E-state index in [1.54, 1.807) is 48.8 Å². The molecule has 0 spiro atoms. The summed E-state index contributed by atoms with van der Waals surface area (Å²) < 4.78 is 47.0. The molecule has 4 aromatic rings. The molecule has 0 aliphatic carbocycles. The van der Waals surface area contributed by atoms with Crippen molar-refractivity contribution in [3.05, 3.63) is 83.7 Å². The zero-order valence-electron chi connectivity index (χ0n) is 20.6. The maximum absolute atomic E-state index is 13.9. The molecule has 196 valence electrons. The van der Waals surface area contributed by atoms with Crippen molar-refractivity contribution in [1.29, 1.82) is 0 Å². The van der Waals surface area contributed by atoms with Crippen LogP contribution in [-0.2, 0) is 12.7 Å². The van der Waals surface area contributed by atoms with Crippen LogP contribution >= 0.6 is 0 Å². The van der Waals surface area contributed by atoms with Crippen molar-refractivity contribution < 1.29 is 22.5 Å². The van der Waals surface area contributed by atoms with E-state index >= 15 is 0 Å². The van der Waals surface area contributed by atoms with Crippen LogP contribution in [-0.4, -0.2) is 64.1 Å². The molecule has 11 heteroatoms. The number of alkyl halides is 3. The first-order valence-electron chi connectivity index (χ1n) is 12.0. The number of likely N-dealkylation sites (N-methyl/N-ethyl adjacent to an activating group) is 1. The maximum atomic E-state index is 13.9. The fourth-order valence-corrected chi connectivity index (χ4v) is 4.25. The molecular formula is C27H25F3N6O2. The van der Waals surface area contributed by atoms with Crippen LogP contribution < -0.4 is 5.32 Å². The Morgan fingerprint density at radius 1 is 1.03 bits per heavy atom. The molecule has 1 aliphatic rings. The Hall–Kier alpha value is -4.09. The molecule has 1 aliphatic heterocycles. The normalized spacial score (nSPS) is 14.9. The lowest BCUT2D eigenvalue weighted by Gasteiger charge is -2.33. The predicted octanol–water partition coefficient (Wildman–Crippen LogP) is 4.82. The van der Waals surface area contributed by atoms with Gasteiger partial charge in [-0.15, -0.1) is 0 Å².